The molecular formula is C13H29NO3. The lowest BCUT2D eigenvalue weighted by atomic mass is 10.3. The van der Waals surface area contributed by atoms with Crippen molar-refractivity contribution in [2.45, 2.75) is 33.1 Å². The molecule has 4 heteroatoms. The summed E-state index contributed by atoms with van der Waals surface area (Å²) in [4.78, 5) is 0. The van der Waals surface area contributed by atoms with Gasteiger partial charge in [0.25, 0.3) is 0 Å². The molecule has 0 saturated carbocycles. The molecule has 0 aromatic rings. The average Bonchev–Trinajstić information content (AvgIpc) is 2.35. The Hall–Kier alpha value is -0.160. The third kappa shape index (κ3) is 15.8. The lowest BCUT2D eigenvalue weighted by Gasteiger charge is -2.07. The molecule has 0 radical (unpaired) electrons. The molecule has 0 aliphatic heterocycles. The molecule has 0 amide bonds. The Balaban J connectivity index is 2.85. The first-order valence-electron chi connectivity index (χ1n) is 6.85. The summed E-state index contributed by atoms with van der Waals surface area (Å²) < 4.78 is 16.1. The van der Waals surface area contributed by atoms with Crippen LogP contribution in [0.1, 0.15) is 33.1 Å². The Labute approximate surface area is 106 Å². The number of nitrogens with one attached hydrogen (secondary N) is 1. The molecule has 0 bridgehead atoms. The maximum Gasteiger partial charge on any atom is 0.0701 e. The van der Waals surface area contributed by atoms with Crippen molar-refractivity contribution in [1.29, 1.82) is 0 Å². The molecule has 0 spiro atoms. The van der Waals surface area contributed by atoms with Gasteiger partial charge in [0.1, 0.15) is 0 Å². The van der Waals surface area contributed by atoms with Crippen molar-refractivity contribution in [2.24, 2.45) is 0 Å². The van der Waals surface area contributed by atoms with Crippen LogP contribution in [0.15, 0.2) is 0 Å². The number of hydrogen-bond acceptors (Lipinski definition) is 4. The van der Waals surface area contributed by atoms with Gasteiger partial charge in [-0.3, -0.25) is 0 Å². The molecular weight excluding hydrogens is 218 g/mol. The van der Waals surface area contributed by atoms with Gasteiger partial charge in [0, 0.05) is 26.3 Å². The van der Waals surface area contributed by atoms with Crippen molar-refractivity contribution in [1.82, 2.24) is 5.32 Å². The molecule has 0 rings (SSSR count). The molecule has 1 N–H and O–H groups in total. The topological polar surface area (TPSA) is 39.7 Å². The van der Waals surface area contributed by atoms with E-state index in [1.807, 2.05) is 6.92 Å². The molecule has 17 heavy (non-hydrogen) atoms. The van der Waals surface area contributed by atoms with Crippen molar-refractivity contribution in [3.8, 4) is 0 Å². The van der Waals surface area contributed by atoms with Gasteiger partial charge in [-0.1, -0.05) is 19.8 Å². The minimum absolute atomic E-state index is 0.694. The summed E-state index contributed by atoms with van der Waals surface area (Å²) in [5, 5.41) is 3.25. The molecule has 0 aromatic heterocycles. The SMILES string of the molecule is CCCCCOCCOCCNCCOCC. The Kier molecular flexibility index (Phi) is 15.7. The van der Waals surface area contributed by atoms with Crippen LogP contribution in [0.3, 0.4) is 0 Å². The van der Waals surface area contributed by atoms with E-state index in [1.165, 1.54) is 12.8 Å². The standard InChI is InChI=1S/C13H29NO3/c1-3-5-6-9-16-12-13-17-11-8-14-7-10-15-4-2/h14H,3-13H2,1-2H3. The van der Waals surface area contributed by atoms with Crippen molar-refractivity contribution in [2.75, 3.05) is 52.7 Å². The van der Waals surface area contributed by atoms with Gasteiger partial charge in [0.15, 0.2) is 0 Å². The molecule has 0 aliphatic carbocycles. The fourth-order valence-corrected chi connectivity index (χ4v) is 1.33. The van der Waals surface area contributed by atoms with Crippen LogP contribution in [-0.4, -0.2) is 52.7 Å². The summed E-state index contributed by atoms with van der Waals surface area (Å²) in [6.07, 6.45) is 3.66. The second-order valence-corrected chi connectivity index (χ2v) is 3.88. The van der Waals surface area contributed by atoms with Gasteiger partial charge in [0.2, 0.25) is 0 Å². The van der Waals surface area contributed by atoms with E-state index in [9.17, 15) is 0 Å². The smallest absolute Gasteiger partial charge is 0.0701 e. The molecule has 0 aromatic carbocycles. The van der Waals surface area contributed by atoms with Crippen LogP contribution in [0.25, 0.3) is 0 Å². The predicted octanol–water partition coefficient (Wildman–Crippen LogP) is 1.84. The van der Waals surface area contributed by atoms with Crippen LogP contribution in [0, 0.1) is 0 Å². The first kappa shape index (κ1) is 16.8. The summed E-state index contributed by atoms with van der Waals surface area (Å²) in [5.74, 6) is 0. The van der Waals surface area contributed by atoms with E-state index in [2.05, 4.69) is 12.2 Å². The molecule has 104 valence electrons. The molecule has 0 heterocycles. The number of ether oxygens (including phenoxy) is 3. The van der Waals surface area contributed by atoms with Crippen molar-refractivity contribution in [3.05, 3.63) is 0 Å². The van der Waals surface area contributed by atoms with Crippen molar-refractivity contribution in [3.63, 3.8) is 0 Å². The summed E-state index contributed by atoms with van der Waals surface area (Å²) in [6.45, 7) is 10.5. The summed E-state index contributed by atoms with van der Waals surface area (Å²) >= 11 is 0. The van der Waals surface area contributed by atoms with Crippen LogP contribution in [0.2, 0.25) is 0 Å². The quantitative estimate of drug-likeness (QED) is 0.475. The fourth-order valence-electron chi connectivity index (χ4n) is 1.33. The number of unbranched alkanes of at least 4 members (excludes halogenated alkanes) is 2. The maximum absolute atomic E-state index is 5.43. The minimum atomic E-state index is 0.694. The zero-order chi connectivity index (χ0) is 12.6. The van der Waals surface area contributed by atoms with Crippen LogP contribution in [0.4, 0.5) is 0 Å². The summed E-state index contributed by atoms with van der Waals surface area (Å²) in [7, 11) is 0. The Morgan fingerprint density at radius 3 is 2.00 bits per heavy atom. The van der Waals surface area contributed by atoms with Gasteiger partial charge in [-0.15, -0.1) is 0 Å². The van der Waals surface area contributed by atoms with E-state index in [1.54, 1.807) is 0 Å². The number of rotatable bonds is 14. The summed E-state index contributed by atoms with van der Waals surface area (Å²) in [6, 6.07) is 0. The lowest BCUT2D eigenvalue weighted by molar-refractivity contribution is 0.0469. The van der Waals surface area contributed by atoms with E-state index in [4.69, 9.17) is 14.2 Å². The van der Waals surface area contributed by atoms with Gasteiger partial charge < -0.3 is 19.5 Å². The first-order chi connectivity index (χ1) is 8.41. The van der Waals surface area contributed by atoms with E-state index in [-0.39, 0.29) is 0 Å². The summed E-state index contributed by atoms with van der Waals surface area (Å²) in [5.41, 5.74) is 0. The Morgan fingerprint density at radius 1 is 0.706 bits per heavy atom. The molecule has 0 unspecified atom stereocenters. The zero-order valence-electron chi connectivity index (χ0n) is 11.5. The monoisotopic (exact) mass is 247 g/mol. The van der Waals surface area contributed by atoms with Gasteiger partial charge in [-0.25, -0.2) is 0 Å². The number of hydrogen-bond donors (Lipinski definition) is 1. The van der Waals surface area contributed by atoms with E-state index in [0.717, 1.165) is 45.9 Å². The second kappa shape index (κ2) is 15.8. The van der Waals surface area contributed by atoms with Gasteiger partial charge in [-0.05, 0) is 13.3 Å². The minimum Gasteiger partial charge on any atom is -0.380 e. The van der Waals surface area contributed by atoms with Gasteiger partial charge >= 0.3 is 0 Å². The third-order valence-corrected chi connectivity index (χ3v) is 2.31. The first-order valence-corrected chi connectivity index (χ1v) is 6.85. The van der Waals surface area contributed by atoms with E-state index < -0.39 is 0 Å². The zero-order valence-corrected chi connectivity index (χ0v) is 11.5. The largest absolute Gasteiger partial charge is 0.380 e. The Bertz CT molecular complexity index is 120. The van der Waals surface area contributed by atoms with Gasteiger partial charge in [0.05, 0.1) is 26.4 Å². The van der Waals surface area contributed by atoms with Crippen LogP contribution < -0.4 is 5.32 Å². The second-order valence-electron chi connectivity index (χ2n) is 3.88. The molecule has 0 aliphatic rings. The normalized spacial score (nSPS) is 10.9. The third-order valence-electron chi connectivity index (χ3n) is 2.31. The highest BCUT2D eigenvalue weighted by atomic mass is 16.5. The highest BCUT2D eigenvalue weighted by Crippen LogP contribution is 1.93. The maximum atomic E-state index is 5.43. The van der Waals surface area contributed by atoms with Crippen LogP contribution in [-0.2, 0) is 14.2 Å². The fraction of sp³-hybridized carbons (Fsp3) is 1.00. The predicted molar refractivity (Wildman–Crippen MR) is 70.5 cm³/mol. The highest BCUT2D eigenvalue weighted by molar-refractivity contribution is 4.44. The molecule has 0 fully saturated rings. The van der Waals surface area contributed by atoms with E-state index >= 15 is 0 Å². The highest BCUT2D eigenvalue weighted by Gasteiger charge is 1.91. The van der Waals surface area contributed by atoms with Crippen LogP contribution in [0.5, 0.6) is 0 Å². The van der Waals surface area contributed by atoms with E-state index in [0.29, 0.717) is 13.2 Å². The van der Waals surface area contributed by atoms with Crippen molar-refractivity contribution >= 4 is 0 Å². The molecule has 0 atom stereocenters. The van der Waals surface area contributed by atoms with Crippen LogP contribution >= 0.6 is 0 Å². The molecule has 4 nitrogen and oxygen atoms in total. The lowest BCUT2D eigenvalue weighted by Crippen LogP contribution is -2.24. The average molecular weight is 247 g/mol. The molecule has 0 saturated heterocycles. The van der Waals surface area contributed by atoms with Crippen molar-refractivity contribution < 1.29 is 14.2 Å². The Morgan fingerprint density at radius 2 is 1.35 bits per heavy atom. The van der Waals surface area contributed by atoms with Gasteiger partial charge in [-0.2, -0.15) is 0 Å².